The third kappa shape index (κ3) is 8.37. The first kappa shape index (κ1) is 12.1. The summed E-state index contributed by atoms with van der Waals surface area (Å²) >= 11 is 0. The van der Waals surface area contributed by atoms with Crippen LogP contribution in [0.15, 0.2) is 0 Å². The molecule has 0 rings (SSSR count). The van der Waals surface area contributed by atoms with E-state index in [-0.39, 0.29) is 40.2 Å². The Morgan fingerprint density at radius 3 is 2.44 bits per heavy atom. The molecule has 0 unspecified atom stereocenters. The maximum absolute atomic E-state index is 10.3. The molecule has 0 bridgehead atoms. The van der Waals surface area contributed by atoms with Crippen molar-refractivity contribution in [1.82, 2.24) is 0 Å². The predicted molar refractivity (Wildman–Crippen MR) is 28.5 cm³/mol. The van der Waals surface area contributed by atoms with Crippen LogP contribution in [-0.2, 0) is 41.9 Å². The number of carbonyl (C=O) groups is 1. The minimum atomic E-state index is -0.310. The Morgan fingerprint density at radius 2 is 2.11 bits per heavy atom. The van der Waals surface area contributed by atoms with Gasteiger partial charge in [0.05, 0.1) is 6.61 Å². The number of carbonyl (C=O) groups excluding carboxylic acids is 1. The smallest absolute Gasteiger partial charge is 0.332 e. The van der Waals surface area contributed by atoms with Crippen molar-refractivity contribution in [3.63, 3.8) is 0 Å². The van der Waals surface area contributed by atoms with Gasteiger partial charge in [0.15, 0.2) is 0 Å². The zero-order valence-corrected chi connectivity index (χ0v) is 11.3. The van der Waals surface area contributed by atoms with Crippen molar-refractivity contribution in [2.45, 2.75) is 6.92 Å². The number of hydrogen-bond donors (Lipinski definition) is 0. The molecule has 0 radical (unpaired) electrons. The van der Waals surface area contributed by atoms with Crippen molar-refractivity contribution in [2.24, 2.45) is 0 Å². The van der Waals surface area contributed by atoms with E-state index in [2.05, 4.69) is 9.47 Å². The second kappa shape index (κ2) is 8.37. The Labute approximate surface area is 75.2 Å². The Morgan fingerprint density at radius 1 is 1.56 bits per heavy atom. The Balaban J connectivity index is 0. The zero-order chi connectivity index (χ0) is 6.41. The molecule has 0 aromatic carbocycles. The molecule has 0 heterocycles. The summed E-state index contributed by atoms with van der Waals surface area (Å²) in [6, 6.07) is 0. The van der Waals surface area contributed by atoms with E-state index in [1.54, 1.807) is 6.92 Å². The summed E-state index contributed by atoms with van der Waals surface area (Å²) in [5.74, 6) is -0.310. The fraction of sp³-hybridized carbons (Fsp3) is 0.800. The fourth-order valence-electron chi connectivity index (χ4n) is 0.321. The third-order valence-corrected chi connectivity index (χ3v) is 0.568. The summed E-state index contributed by atoms with van der Waals surface area (Å²) in [5.41, 5.74) is 0. The molecule has 0 atom stereocenters. The van der Waals surface area contributed by atoms with Crippen LogP contribution in [0.5, 0.6) is 0 Å². The number of hydrogen-bond acceptors (Lipinski definition) is 3. The largest absolute Gasteiger partial charge is 0.464 e. The first-order chi connectivity index (χ1) is 3.81. The topological polar surface area (TPSA) is 35.5 Å². The zero-order valence-electron chi connectivity index (χ0n) is 5.85. The van der Waals surface area contributed by atoms with E-state index in [9.17, 15) is 4.79 Å². The second-order valence-corrected chi connectivity index (χ2v) is 1.24. The minimum Gasteiger partial charge on any atom is -0.464 e. The van der Waals surface area contributed by atoms with Gasteiger partial charge in [-0.05, 0) is 6.92 Å². The van der Waals surface area contributed by atoms with E-state index in [0.29, 0.717) is 6.61 Å². The van der Waals surface area contributed by atoms with Crippen molar-refractivity contribution in [3.05, 3.63) is 0 Å². The first-order valence-electron chi connectivity index (χ1n) is 2.45. The van der Waals surface area contributed by atoms with Crippen molar-refractivity contribution >= 4 is 5.97 Å². The van der Waals surface area contributed by atoms with Crippen LogP contribution < -0.4 is 0 Å². The Hall–Kier alpha value is 0.365. The van der Waals surface area contributed by atoms with Crippen LogP contribution in [0.2, 0.25) is 0 Å². The van der Waals surface area contributed by atoms with E-state index in [1.165, 1.54) is 7.11 Å². The number of rotatable bonds is 3. The molecule has 0 aliphatic heterocycles. The van der Waals surface area contributed by atoms with E-state index < -0.39 is 0 Å². The fourth-order valence-corrected chi connectivity index (χ4v) is 0.321. The van der Waals surface area contributed by atoms with Crippen molar-refractivity contribution in [1.29, 1.82) is 0 Å². The summed E-state index contributed by atoms with van der Waals surface area (Å²) in [7, 11) is 1.46. The van der Waals surface area contributed by atoms with E-state index in [0.717, 1.165) is 0 Å². The van der Waals surface area contributed by atoms with Gasteiger partial charge in [-0.15, -0.1) is 0 Å². The van der Waals surface area contributed by atoms with Gasteiger partial charge in [-0.2, -0.15) is 0 Å². The Bertz CT molecular complexity index is 66.6. The van der Waals surface area contributed by atoms with Crippen LogP contribution >= 0.6 is 0 Å². The predicted octanol–water partition coefficient (Wildman–Crippen LogP) is 0.193. The SMILES string of the molecule is CCOC(=O)COC.[Hg]. The maximum atomic E-state index is 10.3. The molecule has 0 saturated heterocycles. The van der Waals surface area contributed by atoms with Crippen molar-refractivity contribution in [2.75, 3.05) is 20.3 Å². The van der Waals surface area contributed by atoms with Crippen LogP contribution in [0.1, 0.15) is 6.92 Å². The molecule has 0 aromatic heterocycles. The van der Waals surface area contributed by atoms with E-state index >= 15 is 0 Å². The van der Waals surface area contributed by atoms with Gasteiger partial charge >= 0.3 is 5.97 Å². The molecule has 0 N–H and O–H groups in total. The quantitative estimate of drug-likeness (QED) is 0.551. The molecule has 0 fully saturated rings. The van der Waals surface area contributed by atoms with Crippen molar-refractivity contribution < 1.29 is 41.9 Å². The number of esters is 1. The normalized spacial score (nSPS) is 7.78. The molecule has 0 saturated carbocycles. The molecule has 50 valence electrons. The summed E-state index contributed by atoms with van der Waals surface area (Å²) in [6.45, 7) is 2.23. The summed E-state index contributed by atoms with van der Waals surface area (Å²) in [5, 5.41) is 0. The van der Waals surface area contributed by atoms with Crippen LogP contribution in [0.3, 0.4) is 0 Å². The summed E-state index contributed by atoms with van der Waals surface area (Å²) in [4.78, 5) is 10.3. The van der Waals surface area contributed by atoms with Gasteiger partial charge in [0.2, 0.25) is 0 Å². The molecule has 0 aliphatic carbocycles. The minimum absolute atomic E-state index is 0. The van der Waals surface area contributed by atoms with E-state index in [1.807, 2.05) is 0 Å². The van der Waals surface area contributed by atoms with Crippen LogP contribution in [0, 0.1) is 0 Å². The summed E-state index contributed by atoms with van der Waals surface area (Å²) < 4.78 is 9.00. The molecule has 3 nitrogen and oxygen atoms in total. The summed E-state index contributed by atoms with van der Waals surface area (Å²) in [6.07, 6.45) is 0. The number of ether oxygens (including phenoxy) is 2. The van der Waals surface area contributed by atoms with Crippen LogP contribution in [0.25, 0.3) is 0 Å². The van der Waals surface area contributed by atoms with Gasteiger partial charge in [0.1, 0.15) is 6.61 Å². The number of methoxy groups -OCH3 is 1. The van der Waals surface area contributed by atoms with Gasteiger partial charge in [-0.1, -0.05) is 0 Å². The monoisotopic (exact) mass is 320 g/mol. The average molecular weight is 319 g/mol. The second-order valence-electron chi connectivity index (χ2n) is 1.24. The van der Waals surface area contributed by atoms with Gasteiger partial charge in [-0.3, -0.25) is 0 Å². The first-order valence-corrected chi connectivity index (χ1v) is 2.45. The maximum Gasteiger partial charge on any atom is 0.332 e. The molecule has 4 heteroatoms. The Kier molecular flexibility index (Phi) is 11.2. The standard InChI is InChI=1S/C5H10O3.Hg/c1-3-8-5(6)4-7-2;/h3-4H2,1-2H3;. The molecule has 0 aliphatic rings. The van der Waals surface area contributed by atoms with Gasteiger partial charge in [0, 0.05) is 34.8 Å². The molecule has 0 amide bonds. The third-order valence-electron chi connectivity index (χ3n) is 0.568. The van der Waals surface area contributed by atoms with Crippen LogP contribution in [0.4, 0.5) is 0 Å². The van der Waals surface area contributed by atoms with Gasteiger partial charge in [0.25, 0.3) is 0 Å². The average Bonchev–Trinajstić information content (AvgIpc) is 1.68. The van der Waals surface area contributed by atoms with Crippen molar-refractivity contribution in [3.8, 4) is 0 Å². The van der Waals surface area contributed by atoms with Gasteiger partial charge in [-0.25, -0.2) is 4.79 Å². The molecule has 9 heavy (non-hydrogen) atoms. The molecular formula is C5H10HgO3. The molecule has 0 spiro atoms. The van der Waals surface area contributed by atoms with Gasteiger partial charge < -0.3 is 9.47 Å². The molecule has 0 aromatic rings. The molecular weight excluding hydrogens is 309 g/mol. The van der Waals surface area contributed by atoms with Crippen LogP contribution in [-0.4, -0.2) is 26.3 Å². The van der Waals surface area contributed by atoms with E-state index in [4.69, 9.17) is 0 Å².